The molecular formula is C13H12N4O. The highest BCUT2D eigenvalue weighted by atomic mass is 16.1. The summed E-state index contributed by atoms with van der Waals surface area (Å²) < 4.78 is 0. The third-order valence-corrected chi connectivity index (χ3v) is 2.52. The maximum Gasteiger partial charge on any atom is 0.162 e. The molecule has 0 spiro atoms. The van der Waals surface area contributed by atoms with E-state index in [9.17, 15) is 4.79 Å². The standard InChI is InChI=1S/C13H12N4O/c1-13(2,8-15)11-4-3-9(6-17-11)12(16)10(5-14)7-18/h3-4,6-7H,16H2,1-2H3/b12-10-. The number of hydrogen-bond donors (Lipinski definition) is 1. The normalized spacial score (nSPS) is 12.0. The van der Waals surface area contributed by atoms with Crippen molar-refractivity contribution < 1.29 is 4.79 Å². The van der Waals surface area contributed by atoms with Gasteiger partial charge in [0.1, 0.15) is 11.6 Å². The fourth-order valence-corrected chi connectivity index (χ4v) is 1.29. The molecule has 0 saturated carbocycles. The minimum atomic E-state index is -0.695. The largest absolute Gasteiger partial charge is 0.397 e. The molecule has 1 aromatic rings. The number of rotatable bonds is 3. The Morgan fingerprint density at radius 3 is 2.50 bits per heavy atom. The molecule has 0 saturated heterocycles. The van der Waals surface area contributed by atoms with Crippen LogP contribution in [0.4, 0.5) is 0 Å². The number of nitriles is 2. The fourth-order valence-electron chi connectivity index (χ4n) is 1.29. The summed E-state index contributed by atoms with van der Waals surface area (Å²) in [6.07, 6.45) is 1.85. The highest BCUT2D eigenvalue weighted by Crippen LogP contribution is 2.21. The lowest BCUT2D eigenvalue weighted by molar-refractivity contribution is -0.104. The minimum Gasteiger partial charge on any atom is -0.397 e. The van der Waals surface area contributed by atoms with E-state index in [1.165, 1.54) is 6.20 Å². The predicted molar refractivity (Wildman–Crippen MR) is 65.7 cm³/mol. The maximum atomic E-state index is 10.6. The Labute approximate surface area is 105 Å². The molecule has 5 nitrogen and oxygen atoms in total. The molecule has 0 amide bonds. The highest BCUT2D eigenvalue weighted by Gasteiger charge is 2.21. The minimum absolute atomic E-state index is 0.0845. The number of aldehydes is 1. The molecule has 18 heavy (non-hydrogen) atoms. The first-order chi connectivity index (χ1) is 8.46. The van der Waals surface area contributed by atoms with Crippen LogP contribution >= 0.6 is 0 Å². The van der Waals surface area contributed by atoms with Crippen molar-refractivity contribution in [2.45, 2.75) is 19.3 Å². The van der Waals surface area contributed by atoms with Gasteiger partial charge in [-0.05, 0) is 26.0 Å². The van der Waals surface area contributed by atoms with Gasteiger partial charge in [0, 0.05) is 11.8 Å². The third-order valence-electron chi connectivity index (χ3n) is 2.52. The molecule has 0 aliphatic heterocycles. The van der Waals surface area contributed by atoms with Crippen molar-refractivity contribution in [1.29, 1.82) is 10.5 Å². The number of nitrogens with two attached hydrogens (primary N) is 1. The summed E-state index contributed by atoms with van der Waals surface area (Å²) in [6.45, 7) is 3.50. The van der Waals surface area contributed by atoms with E-state index in [4.69, 9.17) is 16.3 Å². The summed E-state index contributed by atoms with van der Waals surface area (Å²) in [4.78, 5) is 14.7. The Kier molecular flexibility index (Phi) is 3.81. The molecule has 0 fully saturated rings. The van der Waals surface area contributed by atoms with Gasteiger partial charge in [-0.3, -0.25) is 9.78 Å². The fraction of sp³-hybridized carbons (Fsp3) is 0.231. The summed E-state index contributed by atoms with van der Waals surface area (Å²) >= 11 is 0. The lowest BCUT2D eigenvalue weighted by Gasteiger charge is -2.14. The summed E-state index contributed by atoms with van der Waals surface area (Å²) in [7, 11) is 0. The first kappa shape index (κ1) is 13.4. The van der Waals surface area contributed by atoms with Crippen LogP contribution in [0.15, 0.2) is 23.9 Å². The molecule has 0 unspecified atom stereocenters. The molecule has 1 heterocycles. The molecule has 0 radical (unpaired) electrons. The Bertz CT molecular complexity index is 570. The summed E-state index contributed by atoms with van der Waals surface area (Å²) in [5.74, 6) is 0. The SMILES string of the molecule is CC(C)(C#N)c1ccc(/C(N)=C(\C#N)C=O)cn1. The molecule has 1 aromatic heterocycles. The van der Waals surface area contributed by atoms with Crippen molar-refractivity contribution >= 4 is 12.0 Å². The highest BCUT2D eigenvalue weighted by molar-refractivity contribution is 5.91. The van der Waals surface area contributed by atoms with Gasteiger partial charge in [-0.15, -0.1) is 0 Å². The number of carbonyl (C=O) groups is 1. The number of hydrogen-bond acceptors (Lipinski definition) is 5. The van der Waals surface area contributed by atoms with Crippen molar-refractivity contribution in [1.82, 2.24) is 4.98 Å². The van der Waals surface area contributed by atoms with Gasteiger partial charge >= 0.3 is 0 Å². The van der Waals surface area contributed by atoms with Crippen LogP contribution in [0.2, 0.25) is 0 Å². The van der Waals surface area contributed by atoms with E-state index in [1.807, 2.05) is 0 Å². The van der Waals surface area contributed by atoms with Crippen LogP contribution in [-0.4, -0.2) is 11.3 Å². The number of nitrogens with zero attached hydrogens (tertiary/aromatic N) is 3. The number of carbonyl (C=O) groups excluding carboxylic acids is 1. The van der Waals surface area contributed by atoms with E-state index in [0.717, 1.165) is 0 Å². The number of pyridine rings is 1. The van der Waals surface area contributed by atoms with Crippen LogP contribution in [-0.2, 0) is 10.2 Å². The molecule has 0 aromatic carbocycles. The van der Waals surface area contributed by atoms with Gasteiger partial charge in [0.05, 0.1) is 22.9 Å². The molecule has 2 N–H and O–H groups in total. The molecule has 90 valence electrons. The first-order valence-corrected chi connectivity index (χ1v) is 5.19. The van der Waals surface area contributed by atoms with Crippen molar-refractivity contribution in [2.24, 2.45) is 5.73 Å². The zero-order valence-electron chi connectivity index (χ0n) is 10.1. The lowest BCUT2D eigenvalue weighted by atomic mass is 9.90. The van der Waals surface area contributed by atoms with Crippen molar-refractivity contribution in [3.05, 3.63) is 35.2 Å². The first-order valence-electron chi connectivity index (χ1n) is 5.19. The Balaban J connectivity index is 3.21. The van der Waals surface area contributed by atoms with E-state index in [2.05, 4.69) is 11.1 Å². The van der Waals surface area contributed by atoms with Crippen molar-refractivity contribution in [2.75, 3.05) is 0 Å². The van der Waals surface area contributed by atoms with Gasteiger partial charge in [0.2, 0.25) is 0 Å². The summed E-state index contributed by atoms with van der Waals surface area (Å²) in [5.41, 5.74) is 6.01. The van der Waals surface area contributed by atoms with Crippen LogP contribution in [0.5, 0.6) is 0 Å². The topological polar surface area (TPSA) is 104 Å². The van der Waals surface area contributed by atoms with Gasteiger partial charge < -0.3 is 5.73 Å². The number of aromatic nitrogens is 1. The van der Waals surface area contributed by atoms with Gasteiger partial charge in [0.25, 0.3) is 0 Å². The van der Waals surface area contributed by atoms with Gasteiger partial charge in [-0.2, -0.15) is 10.5 Å². The Morgan fingerprint density at radius 1 is 1.44 bits per heavy atom. The van der Waals surface area contributed by atoms with E-state index in [0.29, 0.717) is 17.5 Å². The number of allylic oxidation sites excluding steroid dienone is 1. The summed E-state index contributed by atoms with van der Waals surface area (Å²) in [5, 5.41) is 17.7. The van der Waals surface area contributed by atoms with Crippen LogP contribution in [0.25, 0.3) is 5.70 Å². The lowest BCUT2D eigenvalue weighted by Crippen LogP contribution is -2.16. The summed E-state index contributed by atoms with van der Waals surface area (Å²) in [6, 6.07) is 7.14. The molecule has 0 aliphatic rings. The van der Waals surface area contributed by atoms with Crippen LogP contribution in [0.1, 0.15) is 25.1 Å². The van der Waals surface area contributed by atoms with Crippen molar-refractivity contribution in [3.63, 3.8) is 0 Å². The van der Waals surface area contributed by atoms with Crippen molar-refractivity contribution in [3.8, 4) is 12.1 Å². The van der Waals surface area contributed by atoms with E-state index in [-0.39, 0.29) is 11.3 Å². The Morgan fingerprint density at radius 2 is 2.11 bits per heavy atom. The quantitative estimate of drug-likeness (QED) is 0.486. The van der Waals surface area contributed by atoms with Gasteiger partial charge in [-0.25, -0.2) is 0 Å². The van der Waals surface area contributed by atoms with E-state index in [1.54, 1.807) is 32.0 Å². The molecular weight excluding hydrogens is 228 g/mol. The smallest absolute Gasteiger partial charge is 0.162 e. The van der Waals surface area contributed by atoms with Gasteiger partial charge in [0.15, 0.2) is 6.29 Å². The molecule has 0 atom stereocenters. The maximum absolute atomic E-state index is 10.6. The zero-order chi connectivity index (χ0) is 13.8. The van der Waals surface area contributed by atoms with Crippen LogP contribution in [0.3, 0.4) is 0 Å². The zero-order valence-corrected chi connectivity index (χ0v) is 10.1. The third kappa shape index (κ3) is 2.53. The molecule has 0 aliphatic carbocycles. The van der Waals surface area contributed by atoms with Gasteiger partial charge in [-0.1, -0.05) is 0 Å². The monoisotopic (exact) mass is 240 g/mol. The second kappa shape index (κ2) is 5.11. The van der Waals surface area contributed by atoms with Crippen LogP contribution < -0.4 is 5.73 Å². The van der Waals surface area contributed by atoms with E-state index < -0.39 is 5.41 Å². The second-order valence-electron chi connectivity index (χ2n) is 4.23. The molecule has 1 rings (SSSR count). The van der Waals surface area contributed by atoms with E-state index >= 15 is 0 Å². The average molecular weight is 240 g/mol. The predicted octanol–water partition coefficient (Wildman–Crippen LogP) is 1.28. The average Bonchev–Trinajstić information content (AvgIpc) is 2.40. The second-order valence-corrected chi connectivity index (χ2v) is 4.23. The van der Waals surface area contributed by atoms with Crippen LogP contribution in [0, 0.1) is 22.7 Å². The molecule has 5 heteroatoms. The molecule has 0 bridgehead atoms. The Hall–Kier alpha value is -2.66.